The molecule has 0 radical (unpaired) electrons. The minimum atomic E-state index is -0.312. The van der Waals surface area contributed by atoms with Gasteiger partial charge < -0.3 is 10.4 Å². The molecule has 6 heteroatoms. The zero-order valence-electron chi connectivity index (χ0n) is 11.8. The summed E-state index contributed by atoms with van der Waals surface area (Å²) in [5, 5.41) is 12.3. The van der Waals surface area contributed by atoms with Crippen molar-refractivity contribution in [3.63, 3.8) is 0 Å². The molecule has 1 aromatic carbocycles. The fourth-order valence-electron chi connectivity index (χ4n) is 2.06. The van der Waals surface area contributed by atoms with Crippen LogP contribution in [0, 0.1) is 11.7 Å². The van der Waals surface area contributed by atoms with Crippen LogP contribution in [0.5, 0.6) is 0 Å². The van der Waals surface area contributed by atoms with Gasteiger partial charge in [-0.05, 0) is 30.2 Å². The Morgan fingerprint density at radius 1 is 1.36 bits per heavy atom. The first-order chi connectivity index (χ1) is 10.6. The Labute approximate surface area is 133 Å². The summed E-state index contributed by atoms with van der Waals surface area (Å²) in [6.45, 7) is 0.0926. The van der Waals surface area contributed by atoms with Crippen LogP contribution in [-0.2, 0) is 6.42 Å². The van der Waals surface area contributed by atoms with Crippen LogP contribution in [0.4, 0.5) is 4.39 Å². The van der Waals surface area contributed by atoms with Gasteiger partial charge in [0.05, 0.1) is 0 Å². The van der Waals surface area contributed by atoms with E-state index in [2.05, 4.69) is 10.3 Å². The van der Waals surface area contributed by atoms with Crippen LogP contribution in [0.1, 0.15) is 15.9 Å². The Bertz CT molecular complexity index is 652. The van der Waals surface area contributed by atoms with Gasteiger partial charge in [-0.2, -0.15) is 0 Å². The number of halogens is 2. The van der Waals surface area contributed by atoms with E-state index in [0.29, 0.717) is 17.5 Å². The van der Waals surface area contributed by atoms with Gasteiger partial charge >= 0.3 is 0 Å². The number of aromatic nitrogens is 1. The number of amides is 1. The van der Waals surface area contributed by atoms with Crippen molar-refractivity contribution < 1.29 is 14.3 Å². The number of carbonyl (C=O) groups excluding carboxylic acids is 1. The molecule has 0 unspecified atom stereocenters. The van der Waals surface area contributed by atoms with Crippen molar-refractivity contribution >= 4 is 17.5 Å². The number of aliphatic hydroxyl groups is 1. The number of nitrogens with zero attached hydrogens (tertiary/aromatic N) is 1. The molecule has 0 bridgehead atoms. The Morgan fingerprint density at radius 2 is 2.14 bits per heavy atom. The molecule has 2 rings (SSSR count). The number of pyridine rings is 1. The number of hydrogen-bond acceptors (Lipinski definition) is 3. The Morgan fingerprint density at radius 3 is 2.82 bits per heavy atom. The molecule has 116 valence electrons. The summed E-state index contributed by atoms with van der Waals surface area (Å²) >= 11 is 5.73. The van der Waals surface area contributed by atoms with E-state index in [0.717, 1.165) is 0 Å². The zero-order chi connectivity index (χ0) is 15.9. The predicted octanol–water partition coefficient (Wildman–Crippen LogP) is 2.46. The second kappa shape index (κ2) is 7.87. The lowest BCUT2D eigenvalue weighted by molar-refractivity contribution is 0.0940. The molecule has 0 spiro atoms. The largest absolute Gasteiger partial charge is 0.396 e. The van der Waals surface area contributed by atoms with E-state index in [-0.39, 0.29) is 35.9 Å². The van der Waals surface area contributed by atoms with Crippen LogP contribution in [-0.4, -0.2) is 29.1 Å². The zero-order valence-corrected chi connectivity index (χ0v) is 12.6. The third-order valence-electron chi connectivity index (χ3n) is 3.26. The van der Waals surface area contributed by atoms with Crippen molar-refractivity contribution in [3.05, 3.63) is 64.7 Å². The van der Waals surface area contributed by atoms with Crippen LogP contribution in [0.15, 0.2) is 42.6 Å². The Balaban J connectivity index is 1.94. The smallest absolute Gasteiger partial charge is 0.251 e. The van der Waals surface area contributed by atoms with Gasteiger partial charge in [0.2, 0.25) is 0 Å². The van der Waals surface area contributed by atoms with Gasteiger partial charge in [0.1, 0.15) is 11.0 Å². The van der Waals surface area contributed by atoms with Gasteiger partial charge in [-0.25, -0.2) is 9.37 Å². The lowest BCUT2D eigenvalue weighted by Crippen LogP contribution is -2.32. The molecular formula is C16H16ClFN2O2. The van der Waals surface area contributed by atoms with E-state index >= 15 is 0 Å². The van der Waals surface area contributed by atoms with Gasteiger partial charge in [-0.15, -0.1) is 0 Å². The second-order valence-electron chi connectivity index (χ2n) is 4.92. The predicted molar refractivity (Wildman–Crippen MR) is 82.3 cm³/mol. The van der Waals surface area contributed by atoms with Gasteiger partial charge in [0.25, 0.3) is 5.91 Å². The molecule has 1 aromatic heterocycles. The summed E-state index contributed by atoms with van der Waals surface area (Å²) in [7, 11) is 0. The first-order valence-electron chi connectivity index (χ1n) is 6.84. The maximum atomic E-state index is 13.6. The van der Waals surface area contributed by atoms with Crippen LogP contribution in [0.25, 0.3) is 0 Å². The molecule has 0 aliphatic carbocycles. The minimum absolute atomic E-state index is 0.147. The average Bonchev–Trinajstić information content (AvgIpc) is 2.52. The molecule has 4 nitrogen and oxygen atoms in total. The van der Waals surface area contributed by atoms with Gasteiger partial charge in [0.15, 0.2) is 0 Å². The molecule has 0 saturated heterocycles. The molecule has 1 amide bonds. The summed E-state index contributed by atoms with van der Waals surface area (Å²) in [4.78, 5) is 15.8. The van der Waals surface area contributed by atoms with Gasteiger partial charge in [0, 0.05) is 30.8 Å². The van der Waals surface area contributed by atoms with Crippen molar-refractivity contribution in [1.82, 2.24) is 10.3 Å². The number of hydrogen-bond donors (Lipinski definition) is 2. The SMILES string of the molecule is O=C(NC[C@@H](CO)Cc1ccccc1F)c1ccnc(Cl)c1. The number of benzene rings is 1. The maximum absolute atomic E-state index is 13.6. The summed E-state index contributed by atoms with van der Waals surface area (Å²) in [5.41, 5.74) is 0.908. The molecule has 1 atom stereocenters. The number of aliphatic hydroxyl groups excluding tert-OH is 1. The lowest BCUT2D eigenvalue weighted by Gasteiger charge is -2.15. The van der Waals surface area contributed by atoms with Crippen molar-refractivity contribution in [3.8, 4) is 0 Å². The van der Waals surface area contributed by atoms with Crippen molar-refractivity contribution in [1.29, 1.82) is 0 Å². The van der Waals surface area contributed by atoms with Gasteiger partial charge in [-0.3, -0.25) is 4.79 Å². The summed E-state index contributed by atoms with van der Waals surface area (Å²) in [5.74, 6) is -0.886. The van der Waals surface area contributed by atoms with E-state index < -0.39 is 0 Å². The molecule has 0 aliphatic heterocycles. The van der Waals surface area contributed by atoms with Crippen LogP contribution in [0.3, 0.4) is 0 Å². The van der Waals surface area contributed by atoms with Crippen molar-refractivity contribution in [2.45, 2.75) is 6.42 Å². The highest BCUT2D eigenvalue weighted by Crippen LogP contribution is 2.13. The topological polar surface area (TPSA) is 62.2 Å². The van der Waals surface area contributed by atoms with Crippen molar-refractivity contribution in [2.24, 2.45) is 5.92 Å². The third kappa shape index (κ3) is 4.51. The highest BCUT2D eigenvalue weighted by atomic mass is 35.5. The Kier molecular flexibility index (Phi) is 5.86. The molecule has 22 heavy (non-hydrogen) atoms. The standard InChI is InChI=1S/C16H16ClFN2O2/c17-15-8-13(5-6-19-15)16(22)20-9-11(10-21)7-12-3-1-2-4-14(12)18/h1-6,8,11,21H,7,9-10H2,(H,20,22)/t11-/m0/s1. The van der Waals surface area contributed by atoms with Crippen LogP contribution < -0.4 is 5.32 Å². The summed E-state index contributed by atoms with van der Waals surface area (Å²) < 4.78 is 13.6. The summed E-state index contributed by atoms with van der Waals surface area (Å²) in [6, 6.07) is 9.41. The van der Waals surface area contributed by atoms with Crippen molar-refractivity contribution in [2.75, 3.05) is 13.2 Å². The highest BCUT2D eigenvalue weighted by molar-refractivity contribution is 6.29. The molecular weight excluding hydrogens is 307 g/mol. The molecule has 0 aliphatic rings. The Hall–Kier alpha value is -1.98. The summed E-state index contributed by atoms with van der Waals surface area (Å²) in [6.07, 6.45) is 1.79. The minimum Gasteiger partial charge on any atom is -0.396 e. The molecule has 0 fully saturated rings. The van der Waals surface area contributed by atoms with Gasteiger partial charge in [-0.1, -0.05) is 29.8 Å². The third-order valence-corrected chi connectivity index (χ3v) is 3.47. The fraction of sp³-hybridized carbons (Fsp3) is 0.250. The average molecular weight is 323 g/mol. The van der Waals surface area contributed by atoms with Crippen LogP contribution in [0.2, 0.25) is 5.15 Å². The van der Waals surface area contributed by atoms with E-state index in [4.69, 9.17) is 11.6 Å². The maximum Gasteiger partial charge on any atom is 0.251 e. The van der Waals surface area contributed by atoms with E-state index in [9.17, 15) is 14.3 Å². The first kappa shape index (κ1) is 16.4. The highest BCUT2D eigenvalue weighted by Gasteiger charge is 2.14. The van der Waals surface area contributed by atoms with E-state index in [1.807, 2.05) is 0 Å². The van der Waals surface area contributed by atoms with E-state index in [1.54, 1.807) is 24.3 Å². The second-order valence-corrected chi connectivity index (χ2v) is 5.31. The quantitative estimate of drug-likeness (QED) is 0.803. The fourth-order valence-corrected chi connectivity index (χ4v) is 2.23. The number of rotatable bonds is 6. The number of nitrogens with one attached hydrogen (secondary N) is 1. The van der Waals surface area contributed by atoms with E-state index in [1.165, 1.54) is 18.3 Å². The first-order valence-corrected chi connectivity index (χ1v) is 7.22. The normalized spacial score (nSPS) is 12.0. The molecule has 2 aromatic rings. The molecule has 1 heterocycles. The number of carbonyl (C=O) groups is 1. The monoisotopic (exact) mass is 322 g/mol. The molecule has 0 saturated carbocycles. The van der Waals surface area contributed by atoms with Crippen LogP contribution >= 0.6 is 11.6 Å². The molecule has 2 N–H and O–H groups in total. The lowest BCUT2D eigenvalue weighted by atomic mass is 9.99.